The Morgan fingerprint density at radius 3 is 2.23 bits per heavy atom. The van der Waals surface area contributed by atoms with Crippen LogP contribution in [0.1, 0.15) is 22.3 Å². The molecule has 1 heterocycles. The van der Waals surface area contributed by atoms with E-state index in [2.05, 4.69) is 5.32 Å². The van der Waals surface area contributed by atoms with Gasteiger partial charge in [-0.1, -0.05) is 36.4 Å². The number of alkyl halides is 3. The van der Waals surface area contributed by atoms with E-state index in [-0.39, 0.29) is 24.4 Å². The topological polar surface area (TPSA) is 75.7 Å². The molecule has 0 bridgehead atoms. The van der Waals surface area contributed by atoms with Crippen molar-refractivity contribution in [2.75, 3.05) is 7.11 Å². The molecule has 0 saturated carbocycles. The summed E-state index contributed by atoms with van der Waals surface area (Å²) in [6.45, 7) is 0.106. The molecule has 3 aromatic rings. The fraction of sp³-hybridized carbons (Fsp3) is 0.240. The van der Waals surface area contributed by atoms with E-state index in [1.54, 1.807) is 43.5 Å². The molecule has 1 aliphatic heterocycles. The molecule has 1 N–H and O–H groups in total. The van der Waals surface area contributed by atoms with Crippen LogP contribution in [0.4, 0.5) is 13.2 Å². The zero-order valence-corrected chi connectivity index (χ0v) is 19.6. The van der Waals surface area contributed by atoms with E-state index >= 15 is 0 Å². The van der Waals surface area contributed by atoms with Gasteiger partial charge in [0.05, 0.1) is 17.6 Å². The predicted octanol–water partition coefficient (Wildman–Crippen LogP) is 4.15. The van der Waals surface area contributed by atoms with Gasteiger partial charge in [-0.15, -0.1) is 0 Å². The third kappa shape index (κ3) is 5.33. The van der Waals surface area contributed by atoms with Gasteiger partial charge in [0, 0.05) is 13.1 Å². The molecule has 0 saturated heterocycles. The molecule has 0 spiro atoms. The number of carbonyl (C=O) groups is 1. The lowest BCUT2D eigenvalue weighted by Crippen LogP contribution is -2.52. The van der Waals surface area contributed by atoms with Crippen LogP contribution in [-0.4, -0.2) is 31.8 Å². The second kappa shape index (κ2) is 9.71. The minimum Gasteiger partial charge on any atom is -0.497 e. The number of ether oxygens (including phenoxy) is 1. The normalized spacial score (nSPS) is 16.4. The van der Waals surface area contributed by atoms with Crippen molar-refractivity contribution in [3.63, 3.8) is 0 Å². The van der Waals surface area contributed by atoms with Gasteiger partial charge in [0.15, 0.2) is 0 Å². The SMILES string of the molecule is COc1ccc(CNC(=O)C2Cc3ccccc3CN2S(=O)(=O)c2ccc(C(F)(F)F)cc2)cc1. The van der Waals surface area contributed by atoms with Crippen LogP contribution in [0, 0.1) is 0 Å². The number of benzene rings is 3. The number of rotatable bonds is 6. The lowest BCUT2D eigenvalue weighted by molar-refractivity contribution is -0.137. The Morgan fingerprint density at radius 1 is 1.00 bits per heavy atom. The van der Waals surface area contributed by atoms with Crippen molar-refractivity contribution in [2.45, 2.75) is 36.6 Å². The highest BCUT2D eigenvalue weighted by atomic mass is 32.2. The maximum absolute atomic E-state index is 13.5. The quantitative estimate of drug-likeness (QED) is 0.548. The molecular weight excluding hydrogens is 481 g/mol. The van der Waals surface area contributed by atoms with Gasteiger partial charge in [0.25, 0.3) is 0 Å². The molecule has 1 aliphatic rings. The van der Waals surface area contributed by atoms with Crippen LogP contribution < -0.4 is 10.1 Å². The fourth-order valence-corrected chi connectivity index (χ4v) is 5.54. The summed E-state index contributed by atoms with van der Waals surface area (Å²) in [5.41, 5.74) is 1.43. The molecule has 184 valence electrons. The van der Waals surface area contributed by atoms with Crippen LogP contribution in [0.3, 0.4) is 0 Å². The Morgan fingerprint density at radius 2 is 1.63 bits per heavy atom. The van der Waals surface area contributed by atoms with Gasteiger partial charge in [-0.3, -0.25) is 4.79 Å². The predicted molar refractivity (Wildman–Crippen MR) is 123 cm³/mol. The van der Waals surface area contributed by atoms with Gasteiger partial charge in [-0.2, -0.15) is 17.5 Å². The average Bonchev–Trinajstić information content (AvgIpc) is 2.86. The van der Waals surface area contributed by atoms with Crippen molar-refractivity contribution in [1.29, 1.82) is 0 Å². The summed E-state index contributed by atoms with van der Waals surface area (Å²) in [6, 6.07) is 16.5. The van der Waals surface area contributed by atoms with Crippen LogP contribution in [0.2, 0.25) is 0 Å². The van der Waals surface area contributed by atoms with Crippen molar-refractivity contribution in [2.24, 2.45) is 0 Å². The molecule has 10 heteroatoms. The number of sulfonamides is 1. The first-order valence-corrected chi connectivity index (χ1v) is 12.2. The number of halogens is 3. The number of nitrogens with zero attached hydrogens (tertiary/aromatic N) is 1. The Kier molecular flexibility index (Phi) is 6.86. The first-order valence-electron chi connectivity index (χ1n) is 10.8. The molecule has 1 atom stereocenters. The number of hydrogen-bond donors (Lipinski definition) is 1. The molecule has 3 aromatic carbocycles. The Labute approximate surface area is 201 Å². The second-order valence-corrected chi connectivity index (χ2v) is 10.0. The summed E-state index contributed by atoms with van der Waals surface area (Å²) in [5, 5.41) is 2.78. The minimum absolute atomic E-state index is 0.0693. The summed E-state index contributed by atoms with van der Waals surface area (Å²) in [4.78, 5) is 12.9. The van der Waals surface area contributed by atoms with Crippen molar-refractivity contribution in [3.8, 4) is 5.75 Å². The van der Waals surface area contributed by atoms with Crippen molar-refractivity contribution >= 4 is 15.9 Å². The summed E-state index contributed by atoms with van der Waals surface area (Å²) >= 11 is 0. The maximum atomic E-state index is 13.5. The average molecular weight is 505 g/mol. The lowest BCUT2D eigenvalue weighted by Gasteiger charge is -2.35. The van der Waals surface area contributed by atoms with Gasteiger partial charge in [-0.25, -0.2) is 8.42 Å². The summed E-state index contributed by atoms with van der Waals surface area (Å²) in [7, 11) is -2.72. The van der Waals surface area contributed by atoms with Crippen LogP contribution >= 0.6 is 0 Å². The lowest BCUT2D eigenvalue weighted by atomic mass is 9.95. The Bertz CT molecular complexity index is 1310. The van der Waals surface area contributed by atoms with Gasteiger partial charge in [-0.05, 0) is 59.5 Å². The molecule has 4 rings (SSSR count). The molecule has 0 aliphatic carbocycles. The van der Waals surface area contributed by atoms with E-state index in [4.69, 9.17) is 4.74 Å². The van der Waals surface area contributed by atoms with Gasteiger partial charge in [0.1, 0.15) is 11.8 Å². The van der Waals surface area contributed by atoms with Gasteiger partial charge in [0.2, 0.25) is 15.9 Å². The minimum atomic E-state index is -4.59. The van der Waals surface area contributed by atoms with E-state index in [0.29, 0.717) is 5.75 Å². The highest BCUT2D eigenvalue weighted by Gasteiger charge is 2.40. The second-order valence-electron chi connectivity index (χ2n) is 8.13. The molecular formula is C25H23F3N2O4S. The van der Waals surface area contributed by atoms with E-state index < -0.39 is 33.7 Å². The van der Waals surface area contributed by atoms with Crippen molar-refractivity contribution in [3.05, 3.63) is 95.1 Å². The zero-order chi connectivity index (χ0) is 25.2. The number of nitrogens with one attached hydrogen (secondary N) is 1. The van der Waals surface area contributed by atoms with Crippen molar-refractivity contribution < 1.29 is 31.1 Å². The number of hydrogen-bond acceptors (Lipinski definition) is 4. The smallest absolute Gasteiger partial charge is 0.416 e. The summed E-state index contributed by atoms with van der Waals surface area (Å²) < 4.78 is 72.0. The number of methoxy groups -OCH3 is 1. The van der Waals surface area contributed by atoms with Gasteiger partial charge < -0.3 is 10.1 Å². The first kappa shape index (κ1) is 24.7. The van der Waals surface area contributed by atoms with E-state index in [1.807, 2.05) is 12.1 Å². The number of amides is 1. The molecule has 6 nitrogen and oxygen atoms in total. The molecule has 35 heavy (non-hydrogen) atoms. The fourth-order valence-electron chi connectivity index (χ4n) is 3.98. The molecule has 0 radical (unpaired) electrons. The highest BCUT2D eigenvalue weighted by Crippen LogP contribution is 2.32. The van der Waals surface area contributed by atoms with Gasteiger partial charge >= 0.3 is 6.18 Å². The summed E-state index contributed by atoms with van der Waals surface area (Å²) in [6.07, 6.45) is -4.44. The zero-order valence-electron chi connectivity index (χ0n) is 18.7. The van der Waals surface area contributed by atoms with Crippen LogP contribution in [-0.2, 0) is 40.5 Å². The third-order valence-corrected chi connectivity index (χ3v) is 7.79. The Balaban J connectivity index is 1.61. The molecule has 1 amide bonds. The Hall–Kier alpha value is -3.37. The highest BCUT2D eigenvalue weighted by molar-refractivity contribution is 7.89. The monoisotopic (exact) mass is 504 g/mol. The largest absolute Gasteiger partial charge is 0.497 e. The number of fused-ring (bicyclic) bond motifs is 1. The number of carbonyl (C=O) groups excluding carboxylic acids is 1. The molecule has 1 unspecified atom stereocenters. The summed E-state index contributed by atoms with van der Waals surface area (Å²) in [5.74, 6) is 0.170. The van der Waals surface area contributed by atoms with E-state index in [9.17, 15) is 26.4 Å². The van der Waals surface area contributed by atoms with E-state index in [0.717, 1.165) is 45.3 Å². The molecule has 0 aromatic heterocycles. The standard InChI is InChI=1S/C25H23F3N2O4S/c1-34-21-10-6-17(7-11-21)15-29-24(31)23-14-18-4-2-3-5-19(18)16-30(23)35(32,33)22-12-8-20(9-13-22)25(26,27)28/h2-13,23H,14-16H2,1H3,(H,29,31). The third-order valence-electron chi connectivity index (χ3n) is 5.92. The van der Waals surface area contributed by atoms with E-state index in [1.165, 1.54) is 0 Å². The first-order chi connectivity index (χ1) is 16.6. The van der Waals surface area contributed by atoms with Crippen LogP contribution in [0.5, 0.6) is 5.75 Å². The molecule has 0 fully saturated rings. The van der Waals surface area contributed by atoms with Crippen molar-refractivity contribution in [1.82, 2.24) is 9.62 Å². The maximum Gasteiger partial charge on any atom is 0.416 e. The van der Waals surface area contributed by atoms with Crippen LogP contribution in [0.25, 0.3) is 0 Å². The van der Waals surface area contributed by atoms with Crippen LogP contribution in [0.15, 0.2) is 77.7 Å².